The SMILES string of the molecule is C=C1OC(=O)c2cc(N(Cc3ccc(C#Cc4ccc(CCCC)cc4)cc3)Cc3ccc(C(C)(C)C)cc3)ccc2O1. The van der Waals surface area contributed by atoms with Crippen LogP contribution < -0.4 is 9.64 Å². The Hall–Kier alpha value is -4.75. The molecule has 0 aliphatic carbocycles. The van der Waals surface area contributed by atoms with E-state index in [0.717, 1.165) is 28.8 Å². The van der Waals surface area contributed by atoms with Gasteiger partial charge in [-0.3, -0.25) is 0 Å². The Morgan fingerprint density at radius 2 is 1.30 bits per heavy atom. The van der Waals surface area contributed by atoms with Crippen molar-refractivity contribution in [2.45, 2.75) is 65.5 Å². The number of benzene rings is 4. The number of aryl methyl sites for hydroxylation is 1. The maximum absolute atomic E-state index is 12.6. The van der Waals surface area contributed by atoms with Crippen LogP contribution in [-0.4, -0.2) is 5.97 Å². The summed E-state index contributed by atoms with van der Waals surface area (Å²) in [7, 11) is 0. The molecule has 0 spiro atoms. The fraction of sp³-hybridized carbons (Fsp3) is 0.256. The molecule has 0 amide bonds. The summed E-state index contributed by atoms with van der Waals surface area (Å²) in [5.74, 6) is 6.58. The van der Waals surface area contributed by atoms with Gasteiger partial charge in [-0.05, 0) is 89.6 Å². The quantitative estimate of drug-likeness (QED) is 0.157. The number of esters is 1. The molecule has 4 heteroatoms. The zero-order valence-corrected chi connectivity index (χ0v) is 25.6. The molecule has 4 aromatic carbocycles. The minimum absolute atomic E-state index is 0.00628. The van der Waals surface area contributed by atoms with Crippen molar-refractivity contribution >= 4 is 11.7 Å². The van der Waals surface area contributed by atoms with Gasteiger partial charge in [0.1, 0.15) is 11.3 Å². The number of hydrogen-bond donors (Lipinski definition) is 0. The highest BCUT2D eigenvalue weighted by Gasteiger charge is 2.24. The molecular weight excluding hydrogens is 530 g/mol. The van der Waals surface area contributed by atoms with E-state index in [2.05, 4.69) is 124 Å². The highest BCUT2D eigenvalue weighted by atomic mass is 16.7. The molecule has 4 nitrogen and oxygen atoms in total. The van der Waals surface area contributed by atoms with Crippen LogP contribution in [0.4, 0.5) is 5.69 Å². The number of hydrogen-bond acceptors (Lipinski definition) is 4. The first-order valence-corrected chi connectivity index (χ1v) is 15.0. The average molecular weight is 570 g/mol. The van der Waals surface area contributed by atoms with Gasteiger partial charge in [-0.25, -0.2) is 4.79 Å². The van der Waals surface area contributed by atoms with Crippen LogP contribution in [0.2, 0.25) is 0 Å². The van der Waals surface area contributed by atoms with Crippen LogP contribution >= 0.6 is 0 Å². The Labute approximate surface area is 256 Å². The summed E-state index contributed by atoms with van der Waals surface area (Å²) in [6, 6.07) is 31.3. The molecule has 5 rings (SSSR count). The summed E-state index contributed by atoms with van der Waals surface area (Å²) in [5.41, 5.74) is 8.34. The molecule has 0 fully saturated rings. The zero-order chi connectivity index (χ0) is 30.4. The first-order valence-electron chi connectivity index (χ1n) is 15.0. The number of rotatable bonds is 8. The van der Waals surface area contributed by atoms with Gasteiger partial charge in [0.2, 0.25) is 0 Å². The fourth-order valence-electron chi connectivity index (χ4n) is 5.03. The van der Waals surface area contributed by atoms with E-state index >= 15 is 0 Å². The van der Waals surface area contributed by atoms with Crippen molar-refractivity contribution in [2.75, 3.05) is 4.90 Å². The van der Waals surface area contributed by atoms with Gasteiger partial charge in [0.05, 0.1) is 0 Å². The lowest BCUT2D eigenvalue weighted by atomic mass is 9.87. The number of unbranched alkanes of at least 4 members (excludes halogenated alkanes) is 1. The third-order valence-corrected chi connectivity index (χ3v) is 7.62. The lowest BCUT2D eigenvalue weighted by Crippen LogP contribution is -2.23. The maximum Gasteiger partial charge on any atom is 0.349 e. The van der Waals surface area contributed by atoms with E-state index in [9.17, 15) is 4.79 Å². The fourth-order valence-corrected chi connectivity index (χ4v) is 5.03. The lowest BCUT2D eigenvalue weighted by Gasteiger charge is -2.27. The van der Waals surface area contributed by atoms with E-state index in [1.165, 1.54) is 29.5 Å². The van der Waals surface area contributed by atoms with Gasteiger partial charge >= 0.3 is 5.97 Å². The molecule has 0 aromatic heterocycles. The molecule has 0 N–H and O–H groups in total. The monoisotopic (exact) mass is 569 g/mol. The Morgan fingerprint density at radius 3 is 1.86 bits per heavy atom. The predicted octanol–water partition coefficient (Wildman–Crippen LogP) is 8.95. The summed E-state index contributed by atoms with van der Waals surface area (Å²) in [5, 5.41) is 0. The predicted molar refractivity (Wildman–Crippen MR) is 174 cm³/mol. The molecule has 0 atom stereocenters. The second-order valence-corrected chi connectivity index (χ2v) is 12.1. The van der Waals surface area contributed by atoms with E-state index < -0.39 is 5.97 Å². The minimum Gasteiger partial charge on any atom is -0.425 e. The van der Waals surface area contributed by atoms with Crippen molar-refractivity contribution in [1.82, 2.24) is 0 Å². The molecular formula is C39H39NO3. The van der Waals surface area contributed by atoms with Gasteiger partial charge in [-0.2, -0.15) is 0 Å². The number of carbonyl (C=O) groups excluding carboxylic acids is 1. The number of ether oxygens (including phenoxy) is 2. The highest BCUT2D eigenvalue weighted by molar-refractivity contribution is 5.95. The third kappa shape index (κ3) is 7.76. The summed E-state index contributed by atoms with van der Waals surface area (Å²) in [6.07, 6.45) is 3.53. The van der Waals surface area contributed by atoms with Gasteiger partial charge in [0.15, 0.2) is 0 Å². The largest absolute Gasteiger partial charge is 0.425 e. The number of nitrogens with zero attached hydrogens (tertiary/aromatic N) is 1. The van der Waals surface area contributed by atoms with Crippen LogP contribution in [0.3, 0.4) is 0 Å². The van der Waals surface area contributed by atoms with Gasteiger partial charge in [-0.15, -0.1) is 0 Å². The number of fused-ring (bicyclic) bond motifs is 1. The maximum atomic E-state index is 12.6. The smallest absolute Gasteiger partial charge is 0.349 e. The summed E-state index contributed by atoms with van der Waals surface area (Å²) in [6.45, 7) is 13.8. The van der Waals surface area contributed by atoms with Crippen LogP contribution in [-0.2, 0) is 29.7 Å². The van der Waals surface area contributed by atoms with E-state index in [1.54, 1.807) is 6.07 Å². The second kappa shape index (κ2) is 13.0. The Bertz CT molecular complexity index is 1650. The van der Waals surface area contributed by atoms with Gasteiger partial charge < -0.3 is 14.4 Å². The molecule has 1 aliphatic heterocycles. The van der Waals surface area contributed by atoms with E-state index in [4.69, 9.17) is 9.47 Å². The van der Waals surface area contributed by atoms with E-state index in [1.807, 2.05) is 12.1 Å². The number of carbonyl (C=O) groups is 1. The van der Waals surface area contributed by atoms with E-state index in [-0.39, 0.29) is 11.4 Å². The standard InChI is InChI=1S/C39H39NO3/c1-6-7-8-29-9-11-30(12-10-29)13-14-31-15-17-32(18-16-31)26-40(27-33-19-21-34(22-20-33)39(3,4)5)35-23-24-37-36(25-35)38(41)43-28(2)42-37/h9-12,15-25H,2,6-8,26-27H2,1,3-5H3. The van der Waals surface area contributed by atoms with Crippen LogP contribution in [0.25, 0.3) is 0 Å². The zero-order valence-electron chi connectivity index (χ0n) is 25.6. The van der Waals surface area contributed by atoms with Crippen molar-refractivity contribution in [3.8, 4) is 17.6 Å². The molecule has 0 saturated heterocycles. The molecule has 0 unspecified atom stereocenters. The first kappa shape index (κ1) is 29.7. The second-order valence-electron chi connectivity index (χ2n) is 12.1. The van der Waals surface area contributed by atoms with Crippen LogP contribution in [0, 0.1) is 11.8 Å². The summed E-state index contributed by atoms with van der Waals surface area (Å²) >= 11 is 0. The molecule has 1 heterocycles. The Kier molecular flexibility index (Phi) is 9.02. The van der Waals surface area contributed by atoms with Crippen molar-refractivity contribution in [3.05, 3.63) is 142 Å². The summed E-state index contributed by atoms with van der Waals surface area (Å²) < 4.78 is 10.7. The minimum atomic E-state index is -0.457. The first-order chi connectivity index (χ1) is 20.7. The van der Waals surface area contributed by atoms with Gasteiger partial charge in [0, 0.05) is 29.9 Å². The number of cyclic esters (lactones) is 1. The Morgan fingerprint density at radius 1 is 0.744 bits per heavy atom. The van der Waals surface area contributed by atoms with Crippen molar-refractivity contribution < 1.29 is 14.3 Å². The third-order valence-electron chi connectivity index (χ3n) is 7.62. The average Bonchev–Trinajstić information content (AvgIpc) is 2.99. The Balaban J connectivity index is 1.36. The topological polar surface area (TPSA) is 38.8 Å². The molecule has 1 aliphatic rings. The molecule has 43 heavy (non-hydrogen) atoms. The van der Waals surface area contributed by atoms with Crippen LogP contribution in [0.1, 0.15) is 84.3 Å². The van der Waals surface area contributed by atoms with E-state index in [0.29, 0.717) is 24.4 Å². The normalized spacial score (nSPS) is 12.5. The van der Waals surface area contributed by atoms with Crippen LogP contribution in [0.15, 0.2) is 104 Å². The highest BCUT2D eigenvalue weighted by Crippen LogP contribution is 2.32. The molecule has 0 radical (unpaired) electrons. The van der Waals surface area contributed by atoms with Crippen molar-refractivity contribution in [2.24, 2.45) is 0 Å². The van der Waals surface area contributed by atoms with Gasteiger partial charge in [-0.1, -0.05) is 94.5 Å². The number of anilines is 1. The molecule has 4 aromatic rings. The lowest BCUT2D eigenvalue weighted by molar-refractivity contribution is 0.0414. The van der Waals surface area contributed by atoms with Gasteiger partial charge in [0.25, 0.3) is 5.95 Å². The van der Waals surface area contributed by atoms with Crippen molar-refractivity contribution in [3.63, 3.8) is 0 Å². The van der Waals surface area contributed by atoms with Crippen LogP contribution in [0.5, 0.6) is 5.75 Å². The molecule has 218 valence electrons. The van der Waals surface area contributed by atoms with Crippen molar-refractivity contribution in [1.29, 1.82) is 0 Å². The molecule has 0 saturated carbocycles. The summed E-state index contributed by atoms with van der Waals surface area (Å²) in [4.78, 5) is 14.8. The molecule has 0 bridgehead atoms.